The van der Waals surface area contributed by atoms with Gasteiger partial charge in [-0.3, -0.25) is 0 Å². The van der Waals surface area contributed by atoms with Crippen LogP contribution in [-0.4, -0.2) is 37.7 Å². The zero-order valence-corrected chi connectivity index (χ0v) is 10.6. The summed E-state index contributed by atoms with van der Waals surface area (Å²) in [4.78, 5) is 25.6. The summed E-state index contributed by atoms with van der Waals surface area (Å²) >= 11 is 0. The fourth-order valence-electron chi connectivity index (χ4n) is 0. The van der Waals surface area contributed by atoms with Crippen LogP contribution in [0.25, 0.3) is 0 Å². The standard InChI is InChI=1S/Ca.H3O4P.U/c;1-5(2,3)4;/h;(H3,1,2,3,4);/q+2;;/p-3. The average molecular weight is 373 g/mol. The molecule has 0 bridgehead atoms. The Kier molecular flexibility index (Phi) is 15.1. The molecule has 0 saturated heterocycles. The van der Waals surface area contributed by atoms with Crippen molar-refractivity contribution in [3.05, 3.63) is 0 Å². The van der Waals surface area contributed by atoms with Crippen LogP contribution in [0.15, 0.2) is 0 Å². The Bertz CT molecular complexity index is 57.8. The summed E-state index contributed by atoms with van der Waals surface area (Å²) in [5, 5.41) is 0. The van der Waals surface area contributed by atoms with Crippen LogP contribution in [0.3, 0.4) is 0 Å². The van der Waals surface area contributed by atoms with E-state index in [0.29, 0.717) is 0 Å². The minimum atomic E-state index is -5.39. The fourth-order valence-corrected chi connectivity index (χ4v) is 0. The molecule has 7 heavy (non-hydrogen) atoms. The van der Waals surface area contributed by atoms with Gasteiger partial charge in [0.05, 0.1) is 0 Å². The molecule has 0 aliphatic carbocycles. The molecule has 0 radical (unpaired) electrons. The van der Waals surface area contributed by atoms with E-state index in [1.807, 2.05) is 0 Å². The topological polar surface area (TPSA) is 86.2 Å². The van der Waals surface area contributed by atoms with E-state index < -0.39 is 7.82 Å². The predicted molar refractivity (Wildman–Crippen MR) is 13.4 cm³/mol. The van der Waals surface area contributed by atoms with Gasteiger partial charge in [0.15, 0.2) is 0 Å². The monoisotopic (exact) mass is 373 g/mol. The van der Waals surface area contributed by atoms with Gasteiger partial charge in [0.25, 0.3) is 0 Å². The van der Waals surface area contributed by atoms with E-state index in [2.05, 4.69) is 0 Å². The van der Waals surface area contributed by atoms with Crippen LogP contribution in [0.4, 0.5) is 0 Å². The first kappa shape index (κ1) is 16.2. The van der Waals surface area contributed by atoms with Gasteiger partial charge in [0, 0.05) is 31.1 Å². The molecule has 0 spiro atoms. The molecular formula is CaO4PU-. The van der Waals surface area contributed by atoms with Crippen LogP contribution < -0.4 is 14.7 Å². The van der Waals surface area contributed by atoms with E-state index in [9.17, 15) is 0 Å². The first-order chi connectivity index (χ1) is 2.00. The molecule has 0 heterocycles. The molecule has 0 aliphatic heterocycles. The Labute approximate surface area is 94.3 Å². The van der Waals surface area contributed by atoms with E-state index in [-0.39, 0.29) is 68.9 Å². The molecule has 0 aromatic rings. The number of rotatable bonds is 0. The van der Waals surface area contributed by atoms with Gasteiger partial charge in [0.2, 0.25) is 0 Å². The van der Waals surface area contributed by atoms with Gasteiger partial charge in [-0.05, 0) is 0 Å². The minimum absolute atomic E-state index is 0. The second-order valence-electron chi connectivity index (χ2n) is 0.447. The summed E-state index contributed by atoms with van der Waals surface area (Å²) in [7, 11) is -5.39. The summed E-state index contributed by atoms with van der Waals surface area (Å²) in [6.07, 6.45) is 0. The van der Waals surface area contributed by atoms with E-state index >= 15 is 0 Å². The zero-order chi connectivity index (χ0) is 4.50. The van der Waals surface area contributed by atoms with Gasteiger partial charge in [0.1, 0.15) is 0 Å². The molecule has 36 valence electrons. The molecule has 0 amide bonds. The van der Waals surface area contributed by atoms with Crippen LogP contribution in [0.5, 0.6) is 0 Å². The Morgan fingerprint density at radius 1 is 1.14 bits per heavy atom. The zero-order valence-electron chi connectivity index (χ0n) is 3.29. The van der Waals surface area contributed by atoms with E-state index in [4.69, 9.17) is 19.2 Å². The van der Waals surface area contributed by atoms with Crippen molar-refractivity contribution >= 4 is 45.6 Å². The molecule has 0 N–H and O–H groups in total. The Morgan fingerprint density at radius 2 is 1.14 bits per heavy atom. The summed E-state index contributed by atoms with van der Waals surface area (Å²) in [5.74, 6) is 0. The van der Waals surface area contributed by atoms with Crippen molar-refractivity contribution in [3.63, 3.8) is 0 Å². The largest absolute Gasteiger partial charge is 2.00 e. The van der Waals surface area contributed by atoms with Gasteiger partial charge in [-0.2, -0.15) is 7.82 Å². The molecule has 0 unspecified atom stereocenters. The number of phosphoric acid groups is 1. The van der Waals surface area contributed by atoms with Gasteiger partial charge in [-0.1, -0.05) is 0 Å². The second-order valence-corrected chi connectivity index (χ2v) is 1.34. The van der Waals surface area contributed by atoms with Gasteiger partial charge in [-0.25, -0.2) is 0 Å². The van der Waals surface area contributed by atoms with Gasteiger partial charge < -0.3 is 19.2 Å². The maximum atomic E-state index is 8.55. The third-order valence-electron chi connectivity index (χ3n) is 0. The summed E-state index contributed by atoms with van der Waals surface area (Å²) in [6, 6.07) is 0. The molecule has 0 aliphatic rings. The Balaban J connectivity index is -0.0000000800. The molecule has 7 heteroatoms. The minimum Gasteiger partial charge on any atom is -0.822 e. The van der Waals surface area contributed by atoms with Crippen molar-refractivity contribution in [1.29, 1.82) is 0 Å². The Morgan fingerprint density at radius 3 is 1.14 bits per heavy atom. The maximum absolute atomic E-state index is 8.55. The molecule has 0 atom stereocenters. The van der Waals surface area contributed by atoms with E-state index in [0.717, 1.165) is 0 Å². The molecule has 0 aromatic heterocycles. The quantitative estimate of drug-likeness (QED) is 0.331. The van der Waals surface area contributed by atoms with E-state index in [1.165, 1.54) is 0 Å². The van der Waals surface area contributed by atoms with Crippen molar-refractivity contribution in [2.75, 3.05) is 0 Å². The molecule has 4 nitrogen and oxygen atoms in total. The van der Waals surface area contributed by atoms with Crippen molar-refractivity contribution in [2.24, 2.45) is 0 Å². The van der Waals surface area contributed by atoms with Crippen LogP contribution >= 0.6 is 7.82 Å². The van der Waals surface area contributed by atoms with Crippen LogP contribution in [-0.2, 0) is 4.57 Å². The molecule has 0 fully saturated rings. The van der Waals surface area contributed by atoms with Gasteiger partial charge >= 0.3 is 37.7 Å². The summed E-state index contributed by atoms with van der Waals surface area (Å²) in [6.45, 7) is 0. The third-order valence-corrected chi connectivity index (χ3v) is 0. The second kappa shape index (κ2) is 6.54. The molecular weight excluding hydrogens is 373 g/mol. The molecule has 0 rings (SSSR count). The molecule has 0 saturated carbocycles. The maximum Gasteiger partial charge on any atom is 2.00 e. The number of hydrogen-bond donors (Lipinski definition) is 0. The van der Waals surface area contributed by atoms with Gasteiger partial charge in [-0.15, -0.1) is 0 Å². The van der Waals surface area contributed by atoms with Crippen LogP contribution in [0.1, 0.15) is 0 Å². The van der Waals surface area contributed by atoms with Crippen molar-refractivity contribution in [3.8, 4) is 0 Å². The molecule has 0 aromatic carbocycles. The van der Waals surface area contributed by atoms with Crippen molar-refractivity contribution in [1.82, 2.24) is 0 Å². The third kappa shape index (κ3) is 59.2. The first-order valence-corrected chi connectivity index (χ1v) is 2.19. The SMILES string of the molecule is O=P([O-])([O-])[O-].[Ca+2].[U]. The summed E-state index contributed by atoms with van der Waals surface area (Å²) in [5.41, 5.74) is 0. The normalized spacial score (nSPS) is 8.43. The van der Waals surface area contributed by atoms with Crippen LogP contribution in [0.2, 0.25) is 0 Å². The van der Waals surface area contributed by atoms with Crippen molar-refractivity contribution < 1.29 is 50.4 Å². The Hall–Kier alpha value is 2.42. The first-order valence-electron chi connectivity index (χ1n) is 0.730. The summed E-state index contributed by atoms with van der Waals surface area (Å²) < 4.78 is 8.55. The number of hydrogen-bond acceptors (Lipinski definition) is 4. The smallest absolute Gasteiger partial charge is 0.822 e. The fraction of sp³-hybridized carbons (Fsp3) is 0. The predicted octanol–water partition coefficient (Wildman–Crippen LogP) is -3.21. The van der Waals surface area contributed by atoms with E-state index in [1.54, 1.807) is 0 Å². The van der Waals surface area contributed by atoms with Crippen molar-refractivity contribution in [2.45, 2.75) is 0 Å². The average Bonchev–Trinajstić information content (AvgIpc) is 0.722. The van der Waals surface area contributed by atoms with Crippen LogP contribution in [0, 0.1) is 31.1 Å².